The predicted octanol–water partition coefficient (Wildman–Crippen LogP) is 0.284. The Morgan fingerprint density at radius 2 is 1.15 bits per heavy atom. The minimum Gasteiger partial charge on any atom is -0.546 e. The van der Waals surface area contributed by atoms with Gasteiger partial charge in [0.2, 0.25) is 0 Å². The van der Waals surface area contributed by atoms with Gasteiger partial charge in [0.15, 0.2) is 46.0 Å². The molecule has 0 aliphatic carbocycles. The van der Waals surface area contributed by atoms with Gasteiger partial charge in [-0.05, 0) is 70.8 Å². The number of fused-ring (bicyclic) bond motifs is 1. The van der Waals surface area contributed by atoms with Crippen LogP contribution in [0.3, 0.4) is 0 Å². The number of aliphatic carboxylic acids is 2. The van der Waals surface area contributed by atoms with Crippen LogP contribution >= 0.6 is 0 Å². The van der Waals surface area contributed by atoms with Gasteiger partial charge in [-0.2, -0.15) is 0 Å². The Morgan fingerprint density at radius 1 is 0.660 bits per heavy atom. The number of esters is 2. The monoisotopic (exact) mass is 740 g/mol. The van der Waals surface area contributed by atoms with Crippen molar-refractivity contribution >= 4 is 53.0 Å². The van der Waals surface area contributed by atoms with Crippen molar-refractivity contribution in [2.75, 3.05) is 0 Å². The van der Waals surface area contributed by atoms with Gasteiger partial charge in [0.1, 0.15) is 24.2 Å². The summed E-state index contributed by atoms with van der Waals surface area (Å²) in [6, 6.07) is 12.7. The minimum absolute atomic E-state index is 0. The van der Waals surface area contributed by atoms with Crippen LogP contribution in [-0.2, 0) is 41.5 Å². The number of carbonyl (C=O) groups excluding carboxylic acids is 4. The third-order valence-corrected chi connectivity index (χ3v) is 8.01. The molecule has 0 fully saturated rings. The van der Waals surface area contributed by atoms with E-state index in [2.05, 4.69) is 0 Å². The van der Waals surface area contributed by atoms with Crippen molar-refractivity contribution in [3.63, 3.8) is 0 Å². The molecule has 1 heterocycles. The molecule has 16 nitrogen and oxygen atoms in total. The number of ether oxygens (including phenoxy) is 3. The maximum absolute atomic E-state index is 13.9. The largest absolute Gasteiger partial charge is 2.00 e. The maximum atomic E-state index is 13.9. The molecular formula is C36H28MgO16. The first-order chi connectivity index (χ1) is 24.6. The first kappa shape index (κ1) is 39.5. The summed E-state index contributed by atoms with van der Waals surface area (Å²) in [7, 11) is 0. The molecule has 5 rings (SSSR count). The van der Waals surface area contributed by atoms with E-state index in [4.69, 9.17) is 14.2 Å². The molecular weight excluding hydrogens is 713 g/mol. The molecule has 53 heavy (non-hydrogen) atoms. The van der Waals surface area contributed by atoms with Crippen molar-refractivity contribution in [1.29, 1.82) is 0 Å². The summed E-state index contributed by atoms with van der Waals surface area (Å²) in [4.78, 5) is 50.6. The van der Waals surface area contributed by atoms with Gasteiger partial charge in [0.05, 0.1) is 11.9 Å². The van der Waals surface area contributed by atoms with E-state index in [0.717, 1.165) is 54.6 Å². The molecule has 1 aliphatic rings. The van der Waals surface area contributed by atoms with Crippen molar-refractivity contribution in [3.8, 4) is 46.0 Å². The van der Waals surface area contributed by atoms with Crippen LogP contribution in [0.4, 0.5) is 0 Å². The van der Waals surface area contributed by atoms with Crippen LogP contribution in [0.25, 0.3) is 6.08 Å². The summed E-state index contributed by atoms with van der Waals surface area (Å²) < 4.78 is 16.3. The van der Waals surface area contributed by atoms with Gasteiger partial charge in [0, 0.05) is 24.5 Å². The summed E-state index contributed by atoms with van der Waals surface area (Å²) in [5, 5.41) is 93.3. The summed E-state index contributed by atoms with van der Waals surface area (Å²) >= 11 is 0. The summed E-state index contributed by atoms with van der Waals surface area (Å²) in [5.41, 5.74) is 0.269. The van der Waals surface area contributed by atoms with Crippen LogP contribution in [0.2, 0.25) is 0 Å². The number of carboxylic acid groups (broad SMARTS) is 2. The molecule has 270 valence electrons. The molecule has 0 amide bonds. The first-order valence-electron chi connectivity index (χ1n) is 15.2. The van der Waals surface area contributed by atoms with Gasteiger partial charge >= 0.3 is 35.0 Å². The van der Waals surface area contributed by atoms with Crippen LogP contribution < -0.4 is 14.9 Å². The average Bonchev–Trinajstić information content (AvgIpc) is 3.50. The van der Waals surface area contributed by atoms with Crippen LogP contribution in [0.1, 0.15) is 39.8 Å². The van der Waals surface area contributed by atoms with Gasteiger partial charge in [-0.3, -0.25) is 4.79 Å². The smallest absolute Gasteiger partial charge is 0.546 e. The number of carbonyl (C=O) groups is 4. The molecule has 4 aromatic rings. The Hall–Kier alpha value is -6.33. The minimum atomic E-state index is -1.96. The van der Waals surface area contributed by atoms with Crippen molar-refractivity contribution in [3.05, 3.63) is 101 Å². The second-order valence-electron chi connectivity index (χ2n) is 11.6. The van der Waals surface area contributed by atoms with E-state index in [1.165, 1.54) is 24.3 Å². The second kappa shape index (κ2) is 16.3. The fourth-order valence-corrected chi connectivity index (χ4v) is 5.48. The second-order valence-corrected chi connectivity index (χ2v) is 11.6. The van der Waals surface area contributed by atoms with E-state index in [1.54, 1.807) is 0 Å². The number of phenols is 7. The Balaban J connectivity index is 0.00000627. The van der Waals surface area contributed by atoms with Crippen LogP contribution in [0, 0.1) is 0 Å². The zero-order valence-corrected chi connectivity index (χ0v) is 28.7. The number of benzene rings is 4. The molecule has 4 atom stereocenters. The molecule has 1 aliphatic heterocycles. The molecule has 4 aromatic carbocycles. The quantitative estimate of drug-likeness (QED) is 0.0444. The van der Waals surface area contributed by atoms with E-state index in [-0.39, 0.29) is 56.6 Å². The van der Waals surface area contributed by atoms with Crippen molar-refractivity contribution in [2.45, 2.75) is 37.1 Å². The molecule has 0 saturated carbocycles. The zero-order valence-electron chi connectivity index (χ0n) is 27.2. The SMILES string of the molecule is O=C(C=Cc1ccc(O)c2c1C(C(=O)OC(Cc1ccc(O)c(O)c1)C(=O)[O-])C(c1ccc(O)c(O)c1)O2)OC(Cc1ccc(O)c(O)c1)C(=O)[O-].[Mg+2]. The van der Waals surface area contributed by atoms with Crippen molar-refractivity contribution in [1.82, 2.24) is 0 Å². The van der Waals surface area contributed by atoms with Crippen LogP contribution in [-0.4, -0.2) is 94.9 Å². The van der Waals surface area contributed by atoms with Crippen molar-refractivity contribution < 1.29 is 79.3 Å². The zero-order chi connectivity index (χ0) is 37.9. The molecule has 0 spiro atoms. The number of rotatable bonds is 12. The van der Waals surface area contributed by atoms with E-state index in [9.17, 15) is 65.1 Å². The molecule has 4 unspecified atom stereocenters. The van der Waals surface area contributed by atoms with E-state index in [1.807, 2.05) is 0 Å². The molecule has 17 heteroatoms. The average molecular weight is 741 g/mol. The number of phenolic OH excluding ortho intramolecular Hbond substituents is 7. The van der Waals surface area contributed by atoms with Crippen LogP contribution in [0.15, 0.2) is 72.8 Å². The number of carboxylic acids is 2. The fraction of sp³-hybridized carbons (Fsp3) is 0.167. The maximum Gasteiger partial charge on any atom is 2.00 e. The van der Waals surface area contributed by atoms with Gasteiger partial charge in [-0.25, -0.2) is 4.79 Å². The van der Waals surface area contributed by atoms with Gasteiger partial charge in [-0.1, -0.05) is 24.3 Å². The molecule has 0 aromatic heterocycles. The topological polar surface area (TPSA) is 284 Å². The Bertz CT molecular complexity index is 2090. The number of hydrogen-bond donors (Lipinski definition) is 7. The molecule has 7 N–H and O–H groups in total. The fourth-order valence-electron chi connectivity index (χ4n) is 5.48. The van der Waals surface area contributed by atoms with Gasteiger partial charge < -0.3 is 69.8 Å². The first-order valence-corrected chi connectivity index (χ1v) is 15.2. The number of aromatic hydroxyl groups is 7. The summed E-state index contributed by atoms with van der Waals surface area (Å²) in [6.45, 7) is 0. The predicted molar refractivity (Wildman–Crippen MR) is 176 cm³/mol. The third kappa shape index (κ3) is 8.94. The Morgan fingerprint density at radius 3 is 1.66 bits per heavy atom. The van der Waals surface area contributed by atoms with Crippen LogP contribution in [0.5, 0.6) is 46.0 Å². The van der Waals surface area contributed by atoms with Gasteiger partial charge in [0.25, 0.3) is 0 Å². The molecule has 0 bridgehead atoms. The summed E-state index contributed by atoms with van der Waals surface area (Å²) in [6.07, 6.45) is -4.31. The van der Waals surface area contributed by atoms with Gasteiger partial charge in [-0.15, -0.1) is 0 Å². The van der Waals surface area contributed by atoms with E-state index < -0.39 is 101 Å². The molecule has 0 saturated heterocycles. The number of hydrogen-bond acceptors (Lipinski definition) is 16. The normalized spacial score (nSPS) is 15.7. The Kier molecular flexibility index (Phi) is 12.2. The van der Waals surface area contributed by atoms with Crippen molar-refractivity contribution in [2.24, 2.45) is 0 Å². The standard InChI is InChI=1S/C36H30O16.Mg/c37-20-6-1-16(11-24(20)41)13-27(34(45)46)50-29(44)10-5-18-3-9-23(40)33-30(18)31(32(52-33)19-4-8-22(39)26(43)15-19)36(49)51-28(35(47)48)14-17-2-7-21(38)25(42)12-17;/h1-12,15,27-28,31-32,37-43H,13-14H2,(H,45,46)(H,47,48);/q;+2/p-2. The Labute approximate surface area is 315 Å². The molecule has 0 radical (unpaired) electrons. The third-order valence-electron chi connectivity index (χ3n) is 8.01. The summed E-state index contributed by atoms with van der Waals surface area (Å²) in [5.74, 6) is -11.6. The van der Waals surface area contributed by atoms with E-state index in [0.29, 0.717) is 0 Å². The van der Waals surface area contributed by atoms with E-state index >= 15 is 0 Å².